The van der Waals surface area contributed by atoms with Gasteiger partial charge in [0, 0.05) is 21.8 Å². The number of fused-ring (bicyclic) bond motifs is 1. The molecule has 0 fully saturated rings. The topological polar surface area (TPSA) is 52.5 Å². The van der Waals surface area contributed by atoms with Crippen LogP contribution in [0.15, 0.2) is 78.9 Å². The fraction of sp³-hybridized carbons (Fsp3) is 0.100. The SMILES string of the molecule is OC1(c2ccc(Cl)cc2)Nc2ccccc2C1(O)c1ccccc1. The van der Waals surface area contributed by atoms with Crippen LogP contribution in [0.5, 0.6) is 0 Å². The van der Waals surface area contributed by atoms with Crippen LogP contribution in [0.2, 0.25) is 5.02 Å². The van der Waals surface area contributed by atoms with Crippen molar-refractivity contribution >= 4 is 17.3 Å². The van der Waals surface area contributed by atoms with Gasteiger partial charge in [0.05, 0.1) is 0 Å². The van der Waals surface area contributed by atoms with Gasteiger partial charge < -0.3 is 15.5 Å². The van der Waals surface area contributed by atoms with E-state index in [4.69, 9.17) is 11.6 Å². The molecule has 0 spiro atoms. The third-order valence-electron chi connectivity index (χ3n) is 4.61. The minimum atomic E-state index is -1.71. The van der Waals surface area contributed by atoms with Crippen LogP contribution in [-0.4, -0.2) is 10.2 Å². The maximum Gasteiger partial charge on any atom is 0.200 e. The third-order valence-corrected chi connectivity index (χ3v) is 4.86. The van der Waals surface area contributed by atoms with E-state index in [1.54, 1.807) is 24.3 Å². The van der Waals surface area contributed by atoms with Crippen molar-refractivity contribution in [2.45, 2.75) is 11.3 Å². The molecule has 0 saturated heterocycles. The Labute approximate surface area is 145 Å². The molecule has 2 unspecified atom stereocenters. The number of rotatable bonds is 2. The van der Waals surface area contributed by atoms with Crippen LogP contribution in [0, 0.1) is 0 Å². The summed E-state index contributed by atoms with van der Waals surface area (Å²) in [5.41, 5.74) is -0.856. The van der Waals surface area contributed by atoms with Crippen LogP contribution < -0.4 is 5.32 Å². The molecule has 3 aromatic rings. The zero-order chi connectivity index (χ0) is 16.8. The van der Waals surface area contributed by atoms with E-state index in [9.17, 15) is 10.2 Å². The van der Waals surface area contributed by atoms with Crippen LogP contribution in [0.25, 0.3) is 0 Å². The van der Waals surface area contributed by atoms with Gasteiger partial charge in [-0.1, -0.05) is 72.3 Å². The van der Waals surface area contributed by atoms with Gasteiger partial charge in [0.1, 0.15) is 0 Å². The molecule has 3 nitrogen and oxygen atoms in total. The predicted molar refractivity (Wildman–Crippen MR) is 94.9 cm³/mol. The monoisotopic (exact) mass is 337 g/mol. The second-order valence-electron chi connectivity index (χ2n) is 5.96. The van der Waals surface area contributed by atoms with E-state index in [0.29, 0.717) is 27.4 Å². The maximum absolute atomic E-state index is 11.7. The van der Waals surface area contributed by atoms with Crippen molar-refractivity contribution in [2.24, 2.45) is 0 Å². The third kappa shape index (κ3) is 1.99. The molecule has 120 valence electrons. The van der Waals surface area contributed by atoms with Gasteiger partial charge in [0.2, 0.25) is 5.72 Å². The highest BCUT2D eigenvalue weighted by Gasteiger charge is 2.58. The van der Waals surface area contributed by atoms with Crippen molar-refractivity contribution in [3.63, 3.8) is 0 Å². The first-order valence-corrected chi connectivity index (χ1v) is 8.07. The van der Waals surface area contributed by atoms with Crippen LogP contribution >= 0.6 is 11.6 Å². The fourth-order valence-electron chi connectivity index (χ4n) is 3.40. The Morgan fingerprint density at radius 1 is 0.708 bits per heavy atom. The molecule has 0 radical (unpaired) electrons. The summed E-state index contributed by atoms with van der Waals surface area (Å²) in [5, 5.41) is 26.9. The number of anilines is 1. The molecule has 2 atom stereocenters. The van der Waals surface area contributed by atoms with E-state index in [2.05, 4.69) is 5.32 Å². The lowest BCUT2D eigenvalue weighted by molar-refractivity contribution is -0.111. The molecule has 3 aromatic carbocycles. The lowest BCUT2D eigenvalue weighted by Crippen LogP contribution is -2.50. The smallest absolute Gasteiger partial charge is 0.200 e. The van der Waals surface area contributed by atoms with Crippen molar-refractivity contribution in [1.29, 1.82) is 0 Å². The summed E-state index contributed by atoms with van der Waals surface area (Å²) in [6.07, 6.45) is 0. The van der Waals surface area contributed by atoms with Gasteiger partial charge >= 0.3 is 0 Å². The summed E-state index contributed by atoms with van der Waals surface area (Å²) < 4.78 is 0. The molecule has 1 aliphatic rings. The molecule has 0 saturated carbocycles. The van der Waals surface area contributed by atoms with Crippen molar-refractivity contribution < 1.29 is 10.2 Å². The molecule has 1 heterocycles. The van der Waals surface area contributed by atoms with Crippen molar-refractivity contribution in [1.82, 2.24) is 0 Å². The lowest BCUT2D eigenvalue weighted by Gasteiger charge is -2.39. The zero-order valence-electron chi connectivity index (χ0n) is 12.8. The van der Waals surface area contributed by atoms with Gasteiger partial charge in [-0.2, -0.15) is 0 Å². The number of benzene rings is 3. The van der Waals surface area contributed by atoms with Crippen molar-refractivity contribution in [3.05, 3.63) is 101 Å². The van der Waals surface area contributed by atoms with Gasteiger partial charge in [0.15, 0.2) is 5.60 Å². The first-order valence-electron chi connectivity index (χ1n) is 7.70. The van der Waals surface area contributed by atoms with Gasteiger partial charge in [-0.15, -0.1) is 0 Å². The Morgan fingerprint density at radius 2 is 1.33 bits per heavy atom. The zero-order valence-corrected chi connectivity index (χ0v) is 13.5. The molecule has 0 amide bonds. The van der Waals surface area contributed by atoms with E-state index in [1.807, 2.05) is 54.6 Å². The number of halogens is 1. The minimum absolute atomic E-state index is 0.537. The Hall–Kier alpha value is -2.33. The summed E-state index contributed by atoms with van der Waals surface area (Å²) in [6, 6.07) is 23.4. The average molecular weight is 338 g/mol. The maximum atomic E-state index is 11.7. The Balaban J connectivity index is 1.99. The molecule has 1 aliphatic heterocycles. The average Bonchev–Trinajstić information content (AvgIpc) is 2.86. The quantitative estimate of drug-likeness (QED) is 0.666. The standard InChI is InChI=1S/C20H16ClNO2/c21-16-12-10-15(11-13-16)20(24)19(23,14-6-2-1-3-7-14)17-8-4-5-9-18(17)22-20/h1-13,22-24H. The van der Waals surface area contributed by atoms with E-state index in [0.717, 1.165) is 0 Å². The molecule has 0 bridgehead atoms. The highest BCUT2D eigenvalue weighted by molar-refractivity contribution is 6.30. The number of nitrogens with one attached hydrogen (secondary N) is 1. The van der Waals surface area contributed by atoms with Crippen molar-refractivity contribution in [3.8, 4) is 0 Å². The highest BCUT2D eigenvalue weighted by atomic mass is 35.5. The first kappa shape index (κ1) is 15.2. The molecule has 4 heteroatoms. The number of para-hydroxylation sites is 1. The first-order chi connectivity index (χ1) is 11.6. The Kier molecular flexibility index (Phi) is 3.39. The summed E-state index contributed by atoms with van der Waals surface area (Å²) in [5.74, 6) is 0. The molecule has 0 aromatic heterocycles. The summed E-state index contributed by atoms with van der Waals surface area (Å²) in [6.45, 7) is 0. The second-order valence-corrected chi connectivity index (χ2v) is 6.40. The molecular formula is C20H16ClNO2. The van der Waals surface area contributed by atoms with Gasteiger partial charge in [-0.25, -0.2) is 0 Å². The molecule has 4 rings (SSSR count). The van der Waals surface area contributed by atoms with E-state index < -0.39 is 11.3 Å². The van der Waals surface area contributed by atoms with Gasteiger partial charge in [0.25, 0.3) is 0 Å². The minimum Gasteiger partial charge on any atom is -0.375 e. The van der Waals surface area contributed by atoms with Gasteiger partial charge in [-0.3, -0.25) is 0 Å². The largest absolute Gasteiger partial charge is 0.375 e. The second kappa shape index (κ2) is 5.35. The number of hydrogen-bond acceptors (Lipinski definition) is 3. The molecular weight excluding hydrogens is 322 g/mol. The van der Waals surface area contributed by atoms with E-state index >= 15 is 0 Å². The van der Waals surface area contributed by atoms with Crippen LogP contribution in [0.4, 0.5) is 5.69 Å². The highest BCUT2D eigenvalue weighted by Crippen LogP contribution is 2.53. The van der Waals surface area contributed by atoms with Gasteiger partial charge in [-0.05, 0) is 23.8 Å². The normalized spacial score (nSPS) is 25.1. The van der Waals surface area contributed by atoms with Crippen LogP contribution in [0.3, 0.4) is 0 Å². The summed E-state index contributed by atoms with van der Waals surface area (Å²) in [4.78, 5) is 0. The van der Waals surface area contributed by atoms with E-state index in [1.165, 1.54) is 0 Å². The predicted octanol–water partition coefficient (Wildman–Crippen LogP) is 3.85. The Morgan fingerprint density at radius 3 is 2.04 bits per heavy atom. The molecule has 24 heavy (non-hydrogen) atoms. The molecule has 3 N–H and O–H groups in total. The molecule has 0 aliphatic carbocycles. The number of aliphatic hydroxyl groups is 2. The van der Waals surface area contributed by atoms with Crippen LogP contribution in [0.1, 0.15) is 16.7 Å². The summed E-state index contributed by atoms with van der Waals surface area (Å²) in [7, 11) is 0. The summed E-state index contributed by atoms with van der Waals surface area (Å²) >= 11 is 5.98. The van der Waals surface area contributed by atoms with Crippen LogP contribution in [-0.2, 0) is 11.3 Å². The Bertz CT molecular complexity index is 882. The fourth-order valence-corrected chi connectivity index (χ4v) is 3.53. The lowest BCUT2D eigenvalue weighted by atomic mass is 9.77. The van der Waals surface area contributed by atoms with E-state index in [-0.39, 0.29) is 0 Å². The number of hydrogen-bond donors (Lipinski definition) is 3. The van der Waals surface area contributed by atoms with Crippen molar-refractivity contribution in [2.75, 3.05) is 5.32 Å².